The molecule has 0 aliphatic carbocycles. The predicted molar refractivity (Wildman–Crippen MR) is 108 cm³/mol. The van der Waals surface area contributed by atoms with Gasteiger partial charge in [-0.25, -0.2) is 0 Å². The zero-order valence-corrected chi connectivity index (χ0v) is 16.7. The second kappa shape index (κ2) is 9.07. The highest BCUT2D eigenvalue weighted by molar-refractivity contribution is 5.95. The normalized spacial score (nSPS) is 17.4. The molecule has 1 amide bonds. The fourth-order valence-corrected chi connectivity index (χ4v) is 3.45. The van der Waals surface area contributed by atoms with Crippen molar-refractivity contribution in [3.63, 3.8) is 0 Å². The number of anilines is 1. The smallest absolute Gasteiger partial charge is 0.387 e. The molecular formula is C21H21F2N3O5. The van der Waals surface area contributed by atoms with Crippen molar-refractivity contribution in [3.05, 3.63) is 42.0 Å². The van der Waals surface area contributed by atoms with E-state index in [9.17, 15) is 13.6 Å². The number of ether oxygens (including phenoxy) is 4. The fourth-order valence-electron chi connectivity index (χ4n) is 3.45. The molecular weight excluding hydrogens is 412 g/mol. The lowest BCUT2D eigenvalue weighted by molar-refractivity contribution is -0.120. The third-order valence-electron chi connectivity index (χ3n) is 4.93. The molecule has 1 saturated heterocycles. The molecule has 31 heavy (non-hydrogen) atoms. The molecule has 2 heterocycles. The number of methoxy groups -OCH3 is 1. The summed E-state index contributed by atoms with van der Waals surface area (Å²) in [5, 5.41) is 9.01. The molecule has 0 aromatic heterocycles. The number of amides is 1. The molecule has 2 aliphatic heterocycles. The van der Waals surface area contributed by atoms with Crippen molar-refractivity contribution in [2.75, 3.05) is 25.8 Å². The van der Waals surface area contributed by atoms with Gasteiger partial charge >= 0.3 is 6.61 Å². The SMILES string of the molecule is COc1cc(/C=N/N2CCCC2C(=O)Nc2ccc3c(c2)OCO3)ccc1OC(F)F. The Morgan fingerprint density at radius 2 is 2.06 bits per heavy atom. The van der Waals surface area contributed by atoms with Crippen LogP contribution in [0, 0.1) is 0 Å². The number of hydrogen-bond donors (Lipinski definition) is 1. The van der Waals surface area contributed by atoms with Crippen LogP contribution in [-0.4, -0.2) is 50.2 Å². The van der Waals surface area contributed by atoms with E-state index in [0.717, 1.165) is 6.42 Å². The second-order valence-corrected chi connectivity index (χ2v) is 6.91. The molecule has 2 aliphatic rings. The number of hydrogen-bond acceptors (Lipinski definition) is 7. The molecule has 10 heteroatoms. The number of benzene rings is 2. The molecule has 2 aromatic carbocycles. The molecule has 8 nitrogen and oxygen atoms in total. The van der Waals surface area contributed by atoms with Gasteiger partial charge in [-0.05, 0) is 48.7 Å². The quantitative estimate of drug-likeness (QED) is 0.674. The largest absolute Gasteiger partial charge is 0.493 e. The van der Waals surface area contributed by atoms with Gasteiger partial charge in [0.05, 0.1) is 13.3 Å². The lowest BCUT2D eigenvalue weighted by Crippen LogP contribution is -2.36. The van der Waals surface area contributed by atoms with Crippen LogP contribution in [0.1, 0.15) is 18.4 Å². The van der Waals surface area contributed by atoms with Gasteiger partial charge in [-0.15, -0.1) is 0 Å². The van der Waals surface area contributed by atoms with Crippen molar-refractivity contribution in [2.24, 2.45) is 5.10 Å². The molecule has 0 spiro atoms. The van der Waals surface area contributed by atoms with Crippen molar-refractivity contribution in [2.45, 2.75) is 25.5 Å². The first kappa shape index (κ1) is 20.7. The van der Waals surface area contributed by atoms with Crippen LogP contribution >= 0.6 is 0 Å². The van der Waals surface area contributed by atoms with Crippen LogP contribution in [0.4, 0.5) is 14.5 Å². The van der Waals surface area contributed by atoms with Gasteiger partial charge < -0.3 is 24.3 Å². The number of hydrazone groups is 1. The van der Waals surface area contributed by atoms with E-state index in [1.807, 2.05) is 0 Å². The Morgan fingerprint density at radius 1 is 1.23 bits per heavy atom. The van der Waals surface area contributed by atoms with Gasteiger partial charge in [-0.1, -0.05) is 0 Å². The van der Waals surface area contributed by atoms with Gasteiger partial charge in [0.25, 0.3) is 0 Å². The van der Waals surface area contributed by atoms with Crippen LogP contribution in [0.3, 0.4) is 0 Å². The summed E-state index contributed by atoms with van der Waals surface area (Å²) in [4.78, 5) is 12.8. The zero-order valence-electron chi connectivity index (χ0n) is 16.7. The van der Waals surface area contributed by atoms with Crippen molar-refractivity contribution in [1.82, 2.24) is 5.01 Å². The Morgan fingerprint density at radius 3 is 2.87 bits per heavy atom. The maximum Gasteiger partial charge on any atom is 0.387 e. The van der Waals surface area contributed by atoms with Crippen LogP contribution in [-0.2, 0) is 4.79 Å². The van der Waals surface area contributed by atoms with Crippen molar-refractivity contribution in [1.29, 1.82) is 0 Å². The molecule has 164 valence electrons. The Hall–Kier alpha value is -3.56. The maximum absolute atomic E-state index is 12.8. The standard InChI is InChI=1S/C21H21F2N3O5/c1-28-18-9-13(4-6-17(18)31-21(22)23)11-24-26-8-2-3-15(26)20(27)25-14-5-7-16-19(10-14)30-12-29-16/h4-7,9-11,15,21H,2-3,8,12H2,1H3,(H,25,27)/b24-11+. The molecule has 0 bridgehead atoms. The Kier molecular flexibility index (Phi) is 6.06. The predicted octanol–water partition coefficient (Wildman–Crippen LogP) is 3.46. The number of rotatable bonds is 7. The van der Waals surface area contributed by atoms with E-state index in [4.69, 9.17) is 14.2 Å². The number of alkyl halides is 2. The summed E-state index contributed by atoms with van der Waals surface area (Å²) in [5.74, 6) is 1.17. The second-order valence-electron chi connectivity index (χ2n) is 6.91. The van der Waals surface area contributed by atoms with Gasteiger partial charge in [0.2, 0.25) is 12.7 Å². The summed E-state index contributed by atoms with van der Waals surface area (Å²) in [5.41, 5.74) is 1.24. The summed E-state index contributed by atoms with van der Waals surface area (Å²) in [6.07, 6.45) is 3.04. The molecule has 1 unspecified atom stereocenters. The summed E-state index contributed by atoms with van der Waals surface area (Å²) in [7, 11) is 1.37. The van der Waals surface area contributed by atoms with Crippen LogP contribution in [0.25, 0.3) is 0 Å². The highest BCUT2D eigenvalue weighted by Crippen LogP contribution is 2.34. The molecule has 1 fully saturated rings. The van der Waals surface area contributed by atoms with Crippen LogP contribution in [0.15, 0.2) is 41.5 Å². The number of carbonyl (C=O) groups is 1. The van der Waals surface area contributed by atoms with E-state index in [1.54, 1.807) is 41.6 Å². The Bertz CT molecular complexity index is 985. The number of nitrogens with zero attached hydrogens (tertiary/aromatic N) is 2. The van der Waals surface area contributed by atoms with Gasteiger partial charge in [-0.2, -0.15) is 13.9 Å². The Balaban J connectivity index is 1.42. The zero-order chi connectivity index (χ0) is 21.8. The molecule has 0 saturated carbocycles. The summed E-state index contributed by atoms with van der Waals surface area (Å²) in [6, 6.07) is 9.31. The van der Waals surface area contributed by atoms with Gasteiger partial charge in [-0.3, -0.25) is 9.80 Å². The Labute approximate surface area is 177 Å². The highest BCUT2D eigenvalue weighted by atomic mass is 19.3. The van der Waals surface area contributed by atoms with Crippen LogP contribution < -0.4 is 24.3 Å². The van der Waals surface area contributed by atoms with Crippen molar-refractivity contribution >= 4 is 17.8 Å². The van der Waals surface area contributed by atoms with Gasteiger partial charge in [0, 0.05) is 18.3 Å². The lowest BCUT2D eigenvalue weighted by Gasteiger charge is -2.20. The first-order valence-corrected chi connectivity index (χ1v) is 9.67. The topological polar surface area (TPSA) is 81.6 Å². The molecule has 1 N–H and O–H groups in total. The van der Waals surface area contributed by atoms with Crippen molar-refractivity contribution in [3.8, 4) is 23.0 Å². The van der Waals surface area contributed by atoms with Gasteiger partial charge in [0.15, 0.2) is 23.0 Å². The minimum Gasteiger partial charge on any atom is -0.493 e. The number of halogens is 2. The third-order valence-corrected chi connectivity index (χ3v) is 4.93. The lowest BCUT2D eigenvalue weighted by atomic mass is 10.2. The first-order chi connectivity index (χ1) is 15.0. The van der Waals surface area contributed by atoms with Crippen LogP contribution in [0.5, 0.6) is 23.0 Å². The molecule has 0 radical (unpaired) electrons. The van der Waals surface area contributed by atoms with E-state index in [2.05, 4.69) is 15.2 Å². The van der Waals surface area contributed by atoms with E-state index in [1.165, 1.54) is 13.2 Å². The third kappa shape index (κ3) is 4.79. The summed E-state index contributed by atoms with van der Waals surface area (Å²) >= 11 is 0. The van der Waals surface area contributed by atoms with E-state index in [-0.39, 0.29) is 24.2 Å². The van der Waals surface area contributed by atoms with E-state index < -0.39 is 12.7 Å². The fraction of sp³-hybridized carbons (Fsp3) is 0.333. The average molecular weight is 433 g/mol. The highest BCUT2D eigenvalue weighted by Gasteiger charge is 2.30. The minimum atomic E-state index is -2.94. The number of nitrogens with one attached hydrogen (secondary N) is 1. The summed E-state index contributed by atoms with van der Waals surface area (Å²) in [6.45, 7) is -2.15. The van der Waals surface area contributed by atoms with E-state index in [0.29, 0.717) is 35.7 Å². The number of carbonyl (C=O) groups excluding carboxylic acids is 1. The molecule has 4 rings (SSSR count). The summed E-state index contributed by atoms with van der Waals surface area (Å²) < 4.78 is 45.1. The first-order valence-electron chi connectivity index (χ1n) is 9.67. The molecule has 1 atom stereocenters. The van der Waals surface area contributed by atoms with E-state index >= 15 is 0 Å². The van der Waals surface area contributed by atoms with Gasteiger partial charge in [0.1, 0.15) is 6.04 Å². The maximum atomic E-state index is 12.8. The average Bonchev–Trinajstić information content (AvgIpc) is 3.41. The monoisotopic (exact) mass is 433 g/mol. The number of fused-ring (bicyclic) bond motifs is 1. The molecule has 2 aromatic rings. The van der Waals surface area contributed by atoms with Crippen LogP contribution in [0.2, 0.25) is 0 Å². The van der Waals surface area contributed by atoms with Crippen molar-refractivity contribution < 1.29 is 32.5 Å². The minimum absolute atomic E-state index is 0.0585.